The third kappa shape index (κ3) is 5.32. The van der Waals surface area contributed by atoms with E-state index in [1.807, 2.05) is 0 Å². The maximum absolute atomic E-state index is 5.42. The van der Waals surface area contributed by atoms with Crippen LogP contribution in [0.25, 0.3) is 88.5 Å². The fourth-order valence-electron chi connectivity index (χ4n) is 10.7. The first-order chi connectivity index (χ1) is 31.5. The molecule has 0 atom stereocenters. The van der Waals surface area contributed by atoms with Crippen LogP contribution in [-0.2, 0) is 5.41 Å². The van der Waals surface area contributed by atoms with Crippen molar-refractivity contribution in [1.29, 1.82) is 0 Å². The Kier molecular flexibility index (Phi) is 7.92. The summed E-state index contributed by atoms with van der Waals surface area (Å²) in [4.78, 5) is 7.86. The second kappa shape index (κ2) is 13.9. The number of hydrogen-bond donors (Lipinski definition) is 0. The van der Waals surface area contributed by atoms with Gasteiger partial charge in [0.1, 0.15) is 11.2 Å². The molecule has 302 valence electrons. The Morgan fingerprint density at radius 1 is 0.422 bits per heavy atom. The van der Waals surface area contributed by atoms with Gasteiger partial charge in [0.15, 0.2) is 5.65 Å². The molecule has 9 aromatic carbocycles. The number of imidazole rings is 1. The molecule has 4 heteroatoms. The Hall–Kier alpha value is -8.21. The highest BCUT2D eigenvalue weighted by Crippen LogP contribution is 2.51. The lowest BCUT2D eigenvalue weighted by molar-refractivity contribution is 0.660. The van der Waals surface area contributed by atoms with Gasteiger partial charge in [-0.3, -0.25) is 8.97 Å². The lowest BCUT2D eigenvalue weighted by Gasteiger charge is -2.30. The molecule has 0 spiro atoms. The Morgan fingerprint density at radius 3 is 1.86 bits per heavy atom. The molecule has 0 radical (unpaired) electrons. The second-order valence-corrected chi connectivity index (χ2v) is 17.6. The first-order valence-electron chi connectivity index (χ1n) is 22.1. The van der Waals surface area contributed by atoms with E-state index in [2.05, 4.69) is 246 Å². The van der Waals surface area contributed by atoms with Crippen LogP contribution in [0, 0.1) is 0 Å². The number of para-hydroxylation sites is 3. The van der Waals surface area contributed by atoms with E-state index >= 15 is 0 Å². The SMILES string of the molecule is CC1(C)c2ccccc2-c2ccc(N(c3ccc(-c4ccc5c(c4)c4ccccc4c4nc6c7ccccc7n(-c7ccccc7)c6n54)cc3)c3ccccc3-c3ccccc3)cc21. The molecule has 0 unspecified atom stereocenters. The van der Waals surface area contributed by atoms with Crippen LogP contribution < -0.4 is 4.90 Å². The highest BCUT2D eigenvalue weighted by molar-refractivity contribution is 6.17. The maximum atomic E-state index is 5.42. The normalized spacial score (nSPS) is 13.0. The monoisotopic (exact) mass is 818 g/mol. The molecular weight excluding hydrogens is 777 g/mol. The molecule has 0 N–H and O–H groups in total. The largest absolute Gasteiger partial charge is 0.310 e. The molecule has 1 aliphatic carbocycles. The van der Waals surface area contributed by atoms with E-state index in [0.717, 1.165) is 72.5 Å². The minimum Gasteiger partial charge on any atom is -0.310 e. The van der Waals surface area contributed by atoms with Gasteiger partial charge in [-0.05, 0) is 105 Å². The molecule has 3 aromatic heterocycles. The van der Waals surface area contributed by atoms with Gasteiger partial charge in [0, 0.05) is 44.2 Å². The summed E-state index contributed by atoms with van der Waals surface area (Å²) in [6.07, 6.45) is 0. The zero-order valence-corrected chi connectivity index (χ0v) is 35.6. The number of aromatic nitrogens is 3. The number of anilines is 3. The first kappa shape index (κ1) is 36.4. The predicted octanol–water partition coefficient (Wildman–Crippen LogP) is 15.8. The van der Waals surface area contributed by atoms with E-state index in [1.54, 1.807) is 0 Å². The van der Waals surface area contributed by atoms with Gasteiger partial charge in [-0.15, -0.1) is 0 Å². The van der Waals surface area contributed by atoms with Crippen molar-refractivity contribution in [3.05, 3.63) is 230 Å². The summed E-state index contributed by atoms with van der Waals surface area (Å²) in [5, 5.41) is 4.66. The fraction of sp³-hybridized carbons (Fsp3) is 0.0500. The summed E-state index contributed by atoms with van der Waals surface area (Å²) in [5.74, 6) is 0. The van der Waals surface area contributed by atoms with Crippen molar-refractivity contribution in [1.82, 2.24) is 14.0 Å². The zero-order chi connectivity index (χ0) is 42.5. The Balaban J connectivity index is 0.983. The summed E-state index contributed by atoms with van der Waals surface area (Å²) in [6, 6.07) is 79.5. The van der Waals surface area contributed by atoms with Crippen LogP contribution in [0.3, 0.4) is 0 Å². The van der Waals surface area contributed by atoms with E-state index < -0.39 is 0 Å². The third-order valence-corrected chi connectivity index (χ3v) is 13.7. The smallest absolute Gasteiger partial charge is 0.151 e. The highest BCUT2D eigenvalue weighted by atomic mass is 15.2. The van der Waals surface area contributed by atoms with Crippen molar-refractivity contribution in [2.45, 2.75) is 19.3 Å². The molecule has 3 heterocycles. The Morgan fingerprint density at radius 2 is 1.05 bits per heavy atom. The van der Waals surface area contributed by atoms with Crippen LogP contribution in [-0.4, -0.2) is 14.0 Å². The Labute approximate surface area is 371 Å². The lowest BCUT2D eigenvalue weighted by atomic mass is 9.82. The van der Waals surface area contributed by atoms with E-state index in [9.17, 15) is 0 Å². The van der Waals surface area contributed by atoms with Gasteiger partial charge in [-0.2, -0.15) is 0 Å². The standard InChI is InChI=1S/C60H42N4/c1-60(2)52-26-14-11-23-47(52)48-35-34-44(38-53(48)60)62(54-27-15-12-21-45(54)40-17-5-3-6-18-40)43-32-29-39(30-33-43)41-31-36-56-51(37-41)46-22-9-10-24-49(46)58-61-57-50-25-13-16-28-55(50)63(59(57)64(56)58)42-19-7-4-8-20-42/h3-38H,1-2H3. The van der Waals surface area contributed by atoms with Gasteiger partial charge in [-0.1, -0.05) is 172 Å². The molecule has 0 aliphatic heterocycles. The number of rotatable bonds is 6. The van der Waals surface area contributed by atoms with Crippen molar-refractivity contribution in [3.8, 4) is 39.1 Å². The number of pyridine rings is 1. The van der Waals surface area contributed by atoms with Crippen molar-refractivity contribution in [2.75, 3.05) is 4.90 Å². The van der Waals surface area contributed by atoms with Crippen molar-refractivity contribution in [3.63, 3.8) is 0 Å². The molecule has 4 nitrogen and oxygen atoms in total. The van der Waals surface area contributed by atoms with E-state index in [0.29, 0.717) is 0 Å². The van der Waals surface area contributed by atoms with Crippen molar-refractivity contribution >= 4 is 66.5 Å². The van der Waals surface area contributed by atoms with Gasteiger partial charge >= 0.3 is 0 Å². The van der Waals surface area contributed by atoms with E-state index in [1.165, 1.54) is 44.2 Å². The number of benzene rings is 9. The van der Waals surface area contributed by atoms with Crippen LogP contribution in [0.5, 0.6) is 0 Å². The molecule has 0 saturated heterocycles. The number of nitrogens with zero attached hydrogens (tertiary/aromatic N) is 4. The average molecular weight is 819 g/mol. The first-order valence-corrected chi connectivity index (χ1v) is 22.1. The summed E-state index contributed by atoms with van der Waals surface area (Å²) in [5.41, 5.74) is 19.7. The van der Waals surface area contributed by atoms with Gasteiger partial charge in [-0.25, -0.2) is 4.98 Å². The summed E-state index contributed by atoms with van der Waals surface area (Å²) in [6.45, 7) is 4.71. The molecule has 0 bridgehead atoms. The fourth-order valence-corrected chi connectivity index (χ4v) is 10.7. The summed E-state index contributed by atoms with van der Waals surface area (Å²) in [7, 11) is 0. The van der Waals surface area contributed by atoms with Crippen LogP contribution in [0.4, 0.5) is 17.1 Å². The highest BCUT2D eigenvalue weighted by Gasteiger charge is 2.36. The van der Waals surface area contributed by atoms with E-state index in [-0.39, 0.29) is 5.41 Å². The van der Waals surface area contributed by atoms with Gasteiger partial charge in [0.05, 0.1) is 16.7 Å². The summed E-state index contributed by atoms with van der Waals surface area (Å²) < 4.78 is 4.75. The van der Waals surface area contributed by atoms with Gasteiger partial charge in [0.2, 0.25) is 0 Å². The minimum atomic E-state index is -0.122. The van der Waals surface area contributed by atoms with E-state index in [4.69, 9.17) is 4.98 Å². The van der Waals surface area contributed by atoms with Crippen LogP contribution in [0.15, 0.2) is 218 Å². The Bertz CT molecular complexity index is 3800. The zero-order valence-electron chi connectivity index (χ0n) is 35.6. The molecule has 0 fully saturated rings. The molecule has 13 rings (SSSR count). The molecule has 0 amide bonds. The van der Waals surface area contributed by atoms with Crippen LogP contribution in [0.1, 0.15) is 25.0 Å². The summed E-state index contributed by atoms with van der Waals surface area (Å²) >= 11 is 0. The van der Waals surface area contributed by atoms with Crippen LogP contribution in [0.2, 0.25) is 0 Å². The second-order valence-electron chi connectivity index (χ2n) is 17.6. The van der Waals surface area contributed by atoms with Gasteiger partial charge in [0.25, 0.3) is 0 Å². The molecule has 1 aliphatic rings. The quantitative estimate of drug-likeness (QED) is 0.156. The number of fused-ring (bicyclic) bond motifs is 13. The number of hydrogen-bond acceptors (Lipinski definition) is 2. The van der Waals surface area contributed by atoms with Crippen molar-refractivity contribution < 1.29 is 0 Å². The van der Waals surface area contributed by atoms with Gasteiger partial charge < -0.3 is 4.90 Å². The average Bonchev–Trinajstić information content (AvgIpc) is 3.97. The molecule has 12 aromatic rings. The topological polar surface area (TPSA) is 25.5 Å². The van der Waals surface area contributed by atoms with Crippen LogP contribution >= 0.6 is 0 Å². The lowest BCUT2D eigenvalue weighted by Crippen LogP contribution is -2.16. The molecule has 64 heavy (non-hydrogen) atoms. The third-order valence-electron chi connectivity index (χ3n) is 13.7. The minimum absolute atomic E-state index is 0.122. The maximum Gasteiger partial charge on any atom is 0.151 e. The predicted molar refractivity (Wildman–Crippen MR) is 268 cm³/mol. The molecular formula is C60H42N4. The van der Waals surface area contributed by atoms with Crippen molar-refractivity contribution in [2.24, 2.45) is 0 Å². The molecule has 0 saturated carbocycles.